The number of nitrogens with one attached hydrogen (secondary N) is 1. The van der Waals surface area contributed by atoms with Gasteiger partial charge >= 0.3 is 11.9 Å². The number of carbonyl (C=O) groups is 2. The van der Waals surface area contributed by atoms with Gasteiger partial charge in [0.05, 0.1) is 36.2 Å². The lowest BCUT2D eigenvalue weighted by molar-refractivity contribution is -0.767. The predicted molar refractivity (Wildman–Crippen MR) is 158 cm³/mol. The van der Waals surface area contributed by atoms with E-state index in [0.29, 0.717) is 36.0 Å². The zero-order valence-corrected chi connectivity index (χ0v) is 24.6. The SMILES string of the molecule is CCOc1nc2cccc(C(=O)OC(C)OC(=O)C[C@H](C)O[N+](=O)[O-])c2n1Cc1ccc(-c2ccccc2-c2nn[nH]n2)cc1. The van der Waals surface area contributed by atoms with Crippen LogP contribution in [0.2, 0.25) is 0 Å². The van der Waals surface area contributed by atoms with Crippen LogP contribution in [0.1, 0.15) is 43.1 Å². The van der Waals surface area contributed by atoms with Gasteiger partial charge in [-0.05, 0) is 47.9 Å². The molecule has 15 nitrogen and oxygen atoms in total. The first-order chi connectivity index (χ1) is 21.7. The van der Waals surface area contributed by atoms with Crippen molar-refractivity contribution >= 4 is 23.0 Å². The molecule has 5 aromatic rings. The maximum atomic E-state index is 13.3. The number of carbonyl (C=O) groups excluding carboxylic acids is 2. The number of rotatable bonds is 13. The first kappa shape index (κ1) is 30.6. The molecule has 0 bridgehead atoms. The van der Waals surface area contributed by atoms with E-state index >= 15 is 0 Å². The fourth-order valence-corrected chi connectivity index (χ4v) is 4.78. The summed E-state index contributed by atoms with van der Waals surface area (Å²) in [6.45, 7) is 5.22. The summed E-state index contributed by atoms with van der Waals surface area (Å²) in [5, 5.41) is 23.9. The van der Waals surface area contributed by atoms with Crippen LogP contribution in [-0.2, 0) is 25.7 Å². The fraction of sp³-hybridized carbons (Fsp3) is 0.267. The molecule has 0 aliphatic carbocycles. The minimum absolute atomic E-state index is 0.185. The van der Waals surface area contributed by atoms with E-state index < -0.39 is 35.8 Å². The average Bonchev–Trinajstić information content (AvgIpc) is 3.66. The van der Waals surface area contributed by atoms with E-state index in [1.807, 2.05) is 55.5 Å². The summed E-state index contributed by atoms with van der Waals surface area (Å²) < 4.78 is 18.1. The van der Waals surface area contributed by atoms with Gasteiger partial charge in [-0.3, -0.25) is 9.36 Å². The second-order valence-corrected chi connectivity index (χ2v) is 9.87. The van der Waals surface area contributed by atoms with E-state index in [4.69, 9.17) is 14.2 Å². The summed E-state index contributed by atoms with van der Waals surface area (Å²) >= 11 is 0. The van der Waals surface area contributed by atoms with Crippen LogP contribution in [0, 0.1) is 10.1 Å². The van der Waals surface area contributed by atoms with Gasteiger partial charge in [0.15, 0.2) is 0 Å². The number of aromatic nitrogens is 6. The number of nitrogens with zero attached hydrogens (tertiary/aromatic N) is 6. The molecule has 1 N–H and O–H groups in total. The summed E-state index contributed by atoms with van der Waals surface area (Å²) in [6.07, 6.45) is -2.69. The predicted octanol–water partition coefficient (Wildman–Crippen LogP) is 4.36. The van der Waals surface area contributed by atoms with Crippen molar-refractivity contribution in [1.29, 1.82) is 0 Å². The molecule has 0 saturated heterocycles. The largest absolute Gasteiger partial charge is 0.465 e. The van der Waals surface area contributed by atoms with E-state index in [1.54, 1.807) is 22.8 Å². The van der Waals surface area contributed by atoms with Crippen LogP contribution in [0.5, 0.6) is 6.01 Å². The van der Waals surface area contributed by atoms with Crippen LogP contribution in [0.25, 0.3) is 33.5 Å². The van der Waals surface area contributed by atoms with Crippen LogP contribution in [-0.4, -0.2) is 66.2 Å². The summed E-state index contributed by atoms with van der Waals surface area (Å²) in [4.78, 5) is 44.8. The molecule has 1 unspecified atom stereocenters. The molecule has 2 heterocycles. The summed E-state index contributed by atoms with van der Waals surface area (Å²) in [7, 11) is 0. The Labute approximate surface area is 256 Å². The van der Waals surface area contributed by atoms with E-state index in [-0.39, 0.29) is 5.56 Å². The molecule has 15 heteroatoms. The van der Waals surface area contributed by atoms with Gasteiger partial charge in [-0.1, -0.05) is 54.6 Å². The molecule has 0 spiro atoms. The normalized spacial score (nSPS) is 12.3. The molecule has 2 aromatic heterocycles. The Hall–Kier alpha value is -5.86. The zero-order chi connectivity index (χ0) is 31.9. The molecule has 0 amide bonds. The average molecular weight is 616 g/mol. The van der Waals surface area contributed by atoms with E-state index in [9.17, 15) is 19.7 Å². The smallest absolute Gasteiger partial charge is 0.343 e. The zero-order valence-electron chi connectivity index (χ0n) is 24.6. The van der Waals surface area contributed by atoms with Crippen molar-refractivity contribution in [3.63, 3.8) is 0 Å². The highest BCUT2D eigenvalue weighted by Gasteiger charge is 2.24. The number of hydrogen-bond acceptors (Lipinski definition) is 12. The lowest BCUT2D eigenvalue weighted by atomic mass is 9.98. The number of benzene rings is 3. The van der Waals surface area contributed by atoms with Crippen molar-refractivity contribution in [2.24, 2.45) is 0 Å². The Morgan fingerprint density at radius 3 is 2.44 bits per heavy atom. The molecule has 0 aliphatic rings. The number of aromatic amines is 1. The number of fused-ring (bicyclic) bond motifs is 1. The van der Waals surface area contributed by atoms with Crippen LogP contribution < -0.4 is 4.74 Å². The molecular weight excluding hydrogens is 586 g/mol. The topological polar surface area (TPSA) is 186 Å². The first-order valence-electron chi connectivity index (χ1n) is 14.0. The van der Waals surface area contributed by atoms with Crippen molar-refractivity contribution < 1.29 is 33.7 Å². The van der Waals surface area contributed by atoms with Crippen LogP contribution >= 0.6 is 0 Å². The molecule has 0 radical (unpaired) electrons. The van der Waals surface area contributed by atoms with Crippen LogP contribution in [0.4, 0.5) is 0 Å². The third-order valence-corrected chi connectivity index (χ3v) is 6.63. The number of hydrogen-bond donors (Lipinski definition) is 1. The molecular formula is C30H29N7O8. The molecule has 0 fully saturated rings. The van der Waals surface area contributed by atoms with Crippen molar-refractivity contribution in [3.05, 3.63) is 88.0 Å². The van der Waals surface area contributed by atoms with E-state index in [0.717, 1.165) is 22.3 Å². The number of imidazole rings is 1. The third-order valence-electron chi connectivity index (χ3n) is 6.63. The molecule has 3 aromatic carbocycles. The Morgan fingerprint density at radius 2 is 1.76 bits per heavy atom. The van der Waals surface area contributed by atoms with Crippen molar-refractivity contribution in [1.82, 2.24) is 30.2 Å². The van der Waals surface area contributed by atoms with E-state index in [2.05, 4.69) is 30.4 Å². The van der Waals surface area contributed by atoms with Gasteiger partial charge in [-0.2, -0.15) is 10.2 Å². The molecule has 232 valence electrons. The molecule has 5 rings (SSSR count). The second-order valence-electron chi connectivity index (χ2n) is 9.87. The van der Waals surface area contributed by atoms with E-state index in [1.165, 1.54) is 13.8 Å². The number of esters is 2. The Kier molecular flexibility index (Phi) is 9.26. The summed E-state index contributed by atoms with van der Waals surface area (Å²) in [6, 6.07) is 21.0. The van der Waals surface area contributed by atoms with Gasteiger partial charge in [-0.25, -0.2) is 4.79 Å². The first-order valence-corrected chi connectivity index (χ1v) is 14.0. The Bertz CT molecular complexity index is 1810. The van der Waals surface area contributed by atoms with Crippen molar-refractivity contribution in [2.45, 2.75) is 46.1 Å². The second kappa shape index (κ2) is 13.6. The standard InChI is InChI=1S/C30H29N7O8/c1-4-42-30-31-25-11-7-10-24(29(39)44-19(3)43-26(38)16-18(2)45-37(40)41)27(25)36(30)17-20-12-14-21(15-13-20)22-8-5-6-9-23(22)28-32-34-35-33-28/h5-15,18-19H,4,16-17H2,1-3H3,(H,32,33,34,35)/t18-,19?/m0/s1. The van der Waals surface area contributed by atoms with Crippen LogP contribution in [0.15, 0.2) is 66.7 Å². The number of ether oxygens (including phenoxy) is 3. The molecule has 0 saturated carbocycles. The number of tetrazole rings is 1. The van der Waals surface area contributed by atoms with Crippen molar-refractivity contribution in [2.75, 3.05) is 6.61 Å². The molecule has 45 heavy (non-hydrogen) atoms. The minimum Gasteiger partial charge on any atom is -0.465 e. The summed E-state index contributed by atoms with van der Waals surface area (Å²) in [5.74, 6) is -1.09. The third kappa shape index (κ3) is 7.21. The van der Waals surface area contributed by atoms with Gasteiger partial charge < -0.3 is 19.0 Å². The molecule has 0 aliphatic heterocycles. The van der Waals surface area contributed by atoms with Gasteiger partial charge in [0, 0.05) is 12.5 Å². The quantitative estimate of drug-likeness (QED) is 0.0854. The highest BCUT2D eigenvalue weighted by Crippen LogP contribution is 2.31. The number of para-hydroxylation sites is 1. The van der Waals surface area contributed by atoms with Gasteiger partial charge in [0.2, 0.25) is 12.1 Å². The highest BCUT2D eigenvalue weighted by atomic mass is 17.0. The van der Waals surface area contributed by atoms with Gasteiger partial charge in [0.25, 0.3) is 11.1 Å². The Morgan fingerprint density at radius 1 is 1.00 bits per heavy atom. The lowest BCUT2D eigenvalue weighted by Gasteiger charge is -2.16. The lowest BCUT2D eigenvalue weighted by Crippen LogP contribution is -2.25. The summed E-state index contributed by atoms with van der Waals surface area (Å²) in [5.41, 5.74) is 4.80. The van der Waals surface area contributed by atoms with Gasteiger partial charge in [0.1, 0.15) is 6.10 Å². The van der Waals surface area contributed by atoms with Crippen molar-refractivity contribution in [3.8, 4) is 28.5 Å². The monoisotopic (exact) mass is 615 g/mol. The van der Waals surface area contributed by atoms with Crippen LogP contribution in [0.3, 0.4) is 0 Å². The maximum Gasteiger partial charge on any atom is 0.343 e. The fourth-order valence-electron chi connectivity index (χ4n) is 4.78. The molecule has 2 atom stereocenters. The highest BCUT2D eigenvalue weighted by molar-refractivity contribution is 6.02. The minimum atomic E-state index is -1.27. The number of H-pyrrole nitrogens is 1. The Balaban J connectivity index is 1.38. The maximum absolute atomic E-state index is 13.3. The van der Waals surface area contributed by atoms with Gasteiger partial charge in [-0.15, -0.1) is 20.3 Å².